The molecule has 10 heteroatoms. The summed E-state index contributed by atoms with van der Waals surface area (Å²) in [5, 5.41) is 0. The molecule has 0 spiro atoms. The molecule has 1 heterocycles. The molecule has 2 rings (SSSR count). The third-order valence-electron chi connectivity index (χ3n) is 4.52. The highest BCUT2D eigenvalue weighted by atomic mass is 32.2. The van der Waals surface area contributed by atoms with Crippen LogP contribution in [0.4, 0.5) is 18.9 Å². The maximum Gasteiger partial charge on any atom is 0.406 e. The van der Waals surface area contributed by atoms with Gasteiger partial charge in [-0.1, -0.05) is 19.1 Å². The fourth-order valence-corrected chi connectivity index (χ4v) is 4.56. The fraction of sp³-hybridized carbons (Fsp3) is 0.611. The van der Waals surface area contributed by atoms with Gasteiger partial charge in [0.05, 0.1) is 0 Å². The number of carbonyl (C=O) groups is 1. The summed E-state index contributed by atoms with van der Waals surface area (Å²) in [7, 11) is -3.97. The Morgan fingerprint density at radius 3 is 2.36 bits per heavy atom. The van der Waals surface area contributed by atoms with Crippen LogP contribution in [0, 0.1) is 6.92 Å². The molecule has 28 heavy (non-hydrogen) atoms. The third-order valence-corrected chi connectivity index (χ3v) is 6.28. The molecule has 1 aliphatic rings. The molecule has 1 saturated heterocycles. The van der Waals surface area contributed by atoms with Crippen molar-refractivity contribution in [2.75, 3.05) is 49.9 Å². The maximum atomic E-state index is 12.7. The number of piperazine rings is 1. The molecule has 158 valence electrons. The van der Waals surface area contributed by atoms with Crippen LogP contribution in [0.2, 0.25) is 0 Å². The standard InChI is InChI=1S/C18H26F3N3O3S/c1-3-7-23(14-18(19,20)21)17(25)13-28(26,27)24-10-8-22(9-11-24)16-6-4-5-15(2)12-16/h4-6,12H,3,7-11,13-14H2,1-2H3. The summed E-state index contributed by atoms with van der Waals surface area (Å²) in [6.45, 7) is 3.34. The van der Waals surface area contributed by atoms with E-state index in [1.165, 1.54) is 4.31 Å². The van der Waals surface area contributed by atoms with Gasteiger partial charge in [-0.3, -0.25) is 4.79 Å². The highest BCUT2D eigenvalue weighted by Crippen LogP contribution is 2.20. The number of benzene rings is 1. The monoisotopic (exact) mass is 421 g/mol. The van der Waals surface area contributed by atoms with E-state index in [1.807, 2.05) is 36.1 Å². The zero-order valence-corrected chi connectivity index (χ0v) is 16.9. The molecule has 0 bridgehead atoms. The van der Waals surface area contributed by atoms with Crippen LogP contribution in [0.5, 0.6) is 0 Å². The summed E-state index contributed by atoms with van der Waals surface area (Å²) in [5.74, 6) is -1.95. The Balaban J connectivity index is 1.98. The molecule has 0 unspecified atom stereocenters. The van der Waals surface area contributed by atoms with E-state index < -0.39 is 34.4 Å². The fourth-order valence-electron chi connectivity index (χ4n) is 3.17. The number of alkyl halides is 3. The van der Waals surface area contributed by atoms with Crippen LogP contribution in [-0.2, 0) is 14.8 Å². The van der Waals surface area contributed by atoms with E-state index in [9.17, 15) is 26.4 Å². The molecular formula is C18H26F3N3O3S. The molecule has 0 N–H and O–H groups in total. The van der Waals surface area contributed by atoms with Crippen LogP contribution in [0.15, 0.2) is 24.3 Å². The van der Waals surface area contributed by atoms with Gasteiger partial charge in [0.25, 0.3) is 0 Å². The van der Waals surface area contributed by atoms with E-state index in [2.05, 4.69) is 0 Å². The maximum absolute atomic E-state index is 12.7. The molecule has 1 aromatic carbocycles. The first kappa shape index (κ1) is 22.5. The van der Waals surface area contributed by atoms with Crippen molar-refractivity contribution in [3.8, 4) is 0 Å². The smallest absolute Gasteiger partial charge is 0.369 e. The number of halogens is 3. The summed E-state index contributed by atoms with van der Waals surface area (Å²) in [4.78, 5) is 14.8. The number of sulfonamides is 1. The molecule has 1 aromatic rings. The van der Waals surface area contributed by atoms with Crippen LogP contribution in [0.25, 0.3) is 0 Å². The summed E-state index contributed by atoms with van der Waals surface area (Å²) in [6.07, 6.45) is -4.24. The van der Waals surface area contributed by atoms with Gasteiger partial charge in [-0.05, 0) is 31.0 Å². The second-order valence-corrected chi connectivity index (χ2v) is 8.88. The normalized spacial score (nSPS) is 16.2. The first-order valence-electron chi connectivity index (χ1n) is 9.16. The lowest BCUT2D eigenvalue weighted by Crippen LogP contribution is -2.51. The highest BCUT2D eigenvalue weighted by Gasteiger charge is 2.35. The van der Waals surface area contributed by atoms with Crippen LogP contribution in [0.3, 0.4) is 0 Å². The lowest BCUT2D eigenvalue weighted by atomic mass is 10.2. The minimum Gasteiger partial charge on any atom is -0.369 e. The zero-order valence-electron chi connectivity index (χ0n) is 16.1. The average Bonchev–Trinajstić information content (AvgIpc) is 2.60. The summed E-state index contributed by atoms with van der Waals surface area (Å²) >= 11 is 0. The number of nitrogens with zero attached hydrogens (tertiary/aromatic N) is 3. The second kappa shape index (κ2) is 9.13. The van der Waals surface area contributed by atoms with Crippen molar-refractivity contribution in [3.63, 3.8) is 0 Å². The molecule has 0 radical (unpaired) electrons. The molecule has 1 fully saturated rings. The molecule has 0 atom stereocenters. The molecule has 0 aromatic heterocycles. The molecule has 0 aliphatic carbocycles. The first-order chi connectivity index (χ1) is 13.0. The molecule has 1 aliphatic heterocycles. The molecular weight excluding hydrogens is 395 g/mol. The van der Waals surface area contributed by atoms with Crippen LogP contribution < -0.4 is 4.90 Å². The van der Waals surface area contributed by atoms with Gasteiger partial charge in [0.2, 0.25) is 15.9 Å². The third kappa shape index (κ3) is 6.37. The number of anilines is 1. The summed E-state index contributed by atoms with van der Waals surface area (Å²) in [6, 6.07) is 7.85. The van der Waals surface area contributed by atoms with E-state index in [1.54, 1.807) is 6.92 Å². The van der Waals surface area contributed by atoms with Crippen molar-refractivity contribution in [1.82, 2.24) is 9.21 Å². The zero-order chi connectivity index (χ0) is 20.9. The van der Waals surface area contributed by atoms with Crippen molar-refractivity contribution >= 4 is 21.6 Å². The Morgan fingerprint density at radius 1 is 1.18 bits per heavy atom. The second-order valence-electron chi connectivity index (χ2n) is 6.91. The first-order valence-corrected chi connectivity index (χ1v) is 10.8. The van der Waals surface area contributed by atoms with E-state index >= 15 is 0 Å². The number of rotatable bonds is 7. The lowest BCUT2D eigenvalue weighted by Gasteiger charge is -2.35. The van der Waals surface area contributed by atoms with Crippen molar-refractivity contribution in [1.29, 1.82) is 0 Å². The van der Waals surface area contributed by atoms with Crippen LogP contribution in [0.1, 0.15) is 18.9 Å². The van der Waals surface area contributed by atoms with Crippen LogP contribution >= 0.6 is 0 Å². The minimum atomic E-state index is -4.56. The van der Waals surface area contributed by atoms with Crippen molar-refractivity contribution in [3.05, 3.63) is 29.8 Å². The Kier molecular flexibility index (Phi) is 7.33. The van der Waals surface area contributed by atoms with Crippen molar-refractivity contribution < 1.29 is 26.4 Å². The van der Waals surface area contributed by atoms with Gasteiger partial charge in [-0.15, -0.1) is 0 Å². The van der Waals surface area contributed by atoms with Gasteiger partial charge >= 0.3 is 6.18 Å². The van der Waals surface area contributed by atoms with Gasteiger partial charge < -0.3 is 9.80 Å². The highest BCUT2D eigenvalue weighted by molar-refractivity contribution is 7.89. The topological polar surface area (TPSA) is 60.9 Å². The summed E-state index contributed by atoms with van der Waals surface area (Å²) in [5.41, 5.74) is 2.09. The Bertz CT molecular complexity index is 776. The van der Waals surface area contributed by atoms with Gasteiger partial charge in [0.15, 0.2) is 0 Å². The van der Waals surface area contributed by atoms with E-state index in [4.69, 9.17) is 0 Å². The number of amides is 1. The Morgan fingerprint density at radius 2 is 1.82 bits per heavy atom. The minimum absolute atomic E-state index is 0.130. The number of carbonyl (C=O) groups excluding carboxylic acids is 1. The number of hydrogen-bond donors (Lipinski definition) is 0. The summed E-state index contributed by atoms with van der Waals surface area (Å²) < 4.78 is 64.2. The van der Waals surface area contributed by atoms with Gasteiger partial charge in [-0.2, -0.15) is 17.5 Å². The Labute approximate surface area is 164 Å². The van der Waals surface area contributed by atoms with E-state index in [0.29, 0.717) is 24.4 Å². The van der Waals surface area contributed by atoms with Gasteiger partial charge in [0.1, 0.15) is 12.3 Å². The van der Waals surface area contributed by atoms with Crippen molar-refractivity contribution in [2.24, 2.45) is 0 Å². The van der Waals surface area contributed by atoms with Crippen LogP contribution in [-0.4, -0.2) is 74.7 Å². The van der Waals surface area contributed by atoms with E-state index in [-0.39, 0.29) is 19.6 Å². The predicted octanol–water partition coefficient (Wildman–Crippen LogP) is 2.25. The predicted molar refractivity (Wildman–Crippen MR) is 102 cm³/mol. The molecule has 1 amide bonds. The number of hydrogen-bond acceptors (Lipinski definition) is 4. The van der Waals surface area contributed by atoms with Crippen molar-refractivity contribution in [2.45, 2.75) is 26.4 Å². The van der Waals surface area contributed by atoms with E-state index in [0.717, 1.165) is 11.3 Å². The SMILES string of the molecule is CCCN(CC(F)(F)F)C(=O)CS(=O)(=O)N1CCN(c2cccc(C)c2)CC1. The quantitative estimate of drug-likeness (QED) is 0.678. The number of aryl methyl sites for hydroxylation is 1. The average molecular weight is 421 g/mol. The van der Waals surface area contributed by atoms with Gasteiger partial charge in [0, 0.05) is 38.4 Å². The molecule has 0 saturated carbocycles. The largest absolute Gasteiger partial charge is 0.406 e. The lowest BCUT2D eigenvalue weighted by molar-refractivity contribution is -0.159. The Hall–Kier alpha value is -1.81. The molecule has 6 nitrogen and oxygen atoms in total. The van der Waals surface area contributed by atoms with Gasteiger partial charge in [-0.25, -0.2) is 8.42 Å².